The molecule has 0 aliphatic rings. The number of rotatable bonds is 3. The Hall–Kier alpha value is -0.640. The van der Waals surface area contributed by atoms with Gasteiger partial charge in [0.1, 0.15) is 0 Å². The quantitative estimate of drug-likeness (QED) is 0.727. The van der Waals surface area contributed by atoms with Gasteiger partial charge in [-0.25, -0.2) is 0 Å². The van der Waals surface area contributed by atoms with Crippen LogP contribution in [0.25, 0.3) is 0 Å². The first-order valence-electron chi connectivity index (χ1n) is 3.64. The van der Waals surface area contributed by atoms with Crippen LogP contribution in [0.4, 0.5) is 13.2 Å². The molecule has 71 valence electrons. The van der Waals surface area contributed by atoms with Gasteiger partial charge in [-0.3, -0.25) is 0 Å². The molecule has 0 aliphatic carbocycles. The molecule has 0 atom stereocenters. The van der Waals surface area contributed by atoms with Crippen molar-refractivity contribution in [2.24, 2.45) is 0 Å². The third-order valence-electron chi connectivity index (χ3n) is 1.27. The molecule has 1 radical (unpaired) electrons. The van der Waals surface area contributed by atoms with Gasteiger partial charge in [0, 0.05) is 5.75 Å². The Morgan fingerprint density at radius 1 is 1.15 bits per heavy atom. The van der Waals surface area contributed by atoms with E-state index in [1.54, 1.807) is 24.3 Å². The second-order valence-electron chi connectivity index (χ2n) is 2.45. The van der Waals surface area contributed by atoms with Crippen molar-refractivity contribution in [1.82, 2.24) is 0 Å². The van der Waals surface area contributed by atoms with Gasteiger partial charge in [0.25, 0.3) is 0 Å². The standard InChI is InChI=1S/C9H8F3S/c10-9(11,12)7-13-6-8-4-2-1-3-5-8/h1-6H,7H2. The van der Waals surface area contributed by atoms with E-state index in [9.17, 15) is 13.2 Å². The molecule has 0 aromatic heterocycles. The number of alkyl halides is 3. The summed E-state index contributed by atoms with van der Waals surface area (Å²) in [4.78, 5) is 0. The zero-order valence-corrected chi connectivity index (χ0v) is 7.53. The van der Waals surface area contributed by atoms with Gasteiger partial charge in [0.15, 0.2) is 0 Å². The first-order valence-corrected chi connectivity index (χ1v) is 4.69. The second kappa shape index (κ2) is 4.56. The maximum atomic E-state index is 11.7. The van der Waals surface area contributed by atoms with E-state index in [0.29, 0.717) is 0 Å². The minimum Gasteiger partial charge on any atom is -0.170 e. The average molecular weight is 205 g/mol. The molecule has 1 aromatic carbocycles. The summed E-state index contributed by atoms with van der Waals surface area (Å²) >= 11 is 0.763. The summed E-state index contributed by atoms with van der Waals surface area (Å²) in [5.74, 6) is 0.676. The summed E-state index contributed by atoms with van der Waals surface area (Å²) in [5, 5.41) is 0. The van der Waals surface area contributed by atoms with E-state index in [0.717, 1.165) is 17.3 Å². The van der Waals surface area contributed by atoms with Crippen molar-refractivity contribution in [2.75, 3.05) is 5.75 Å². The van der Waals surface area contributed by atoms with Crippen LogP contribution in [0.1, 0.15) is 5.56 Å². The van der Waals surface area contributed by atoms with Crippen LogP contribution < -0.4 is 0 Å². The van der Waals surface area contributed by atoms with Crippen molar-refractivity contribution in [3.05, 3.63) is 41.6 Å². The molecule has 0 N–H and O–H groups in total. The van der Waals surface area contributed by atoms with E-state index in [4.69, 9.17) is 0 Å². The molecular weight excluding hydrogens is 197 g/mol. The molecule has 0 saturated carbocycles. The van der Waals surface area contributed by atoms with Gasteiger partial charge in [-0.15, -0.1) is 11.8 Å². The summed E-state index contributed by atoms with van der Waals surface area (Å²) in [6.45, 7) is 0. The zero-order valence-electron chi connectivity index (χ0n) is 6.71. The lowest BCUT2D eigenvalue weighted by molar-refractivity contribution is -0.105. The molecule has 0 heterocycles. The van der Waals surface area contributed by atoms with Gasteiger partial charge in [0.2, 0.25) is 0 Å². The predicted octanol–water partition coefficient (Wildman–Crippen LogP) is 3.49. The lowest BCUT2D eigenvalue weighted by atomic mass is 10.2. The Bertz CT molecular complexity index is 243. The zero-order chi connectivity index (χ0) is 9.73. The van der Waals surface area contributed by atoms with Crippen LogP contribution in [0.15, 0.2) is 30.3 Å². The highest BCUT2D eigenvalue weighted by atomic mass is 32.2. The number of hydrogen-bond acceptors (Lipinski definition) is 1. The van der Waals surface area contributed by atoms with Gasteiger partial charge >= 0.3 is 6.18 Å². The number of thioether (sulfide) groups is 1. The number of benzene rings is 1. The minimum absolute atomic E-state index is 0.763. The van der Waals surface area contributed by atoms with Gasteiger partial charge < -0.3 is 0 Å². The summed E-state index contributed by atoms with van der Waals surface area (Å²) in [6.07, 6.45) is -4.09. The van der Waals surface area contributed by atoms with Crippen molar-refractivity contribution in [3.8, 4) is 0 Å². The van der Waals surface area contributed by atoms with E-state index < -0.39 is 11.9 Å². The molecular formula is C9H8F3S. The molecule has 13 heavy (non-hydrogen) atoms. The fourth-order valence-electron chi connectivity index (χ4n) is 0.764. The Labute approximate surface area is 79.1 Å². The van der Waals surface area contributed by atoms with Crippen LogP contribution >= 0.6 is 11.8 Å². The fourth-order valence-corrected chi connectivity index (χ4v) is 1.39. The van der Waals surface area contributed by atoms with Gasteiger partial charge in [0.05, 0.1) is 5.75 Å². The highest BCUT2D eigenvalue weighted by Gasteiger charge is 2.26. The number of hydrogen-bond donors (Lipinski definition) is 0. The third kappa shape index (κ3) is 4.83. The van der Waals surface area contributed by atoms with Crippen LogP contribution in [0.5, 0.6) is 0 Å². The van der Waals surface area contributed by atoms with E-state index in [-0.39, 0.29) is 0 Å². The molecule has 0 amide bonds. The van der Waals surface area contributed by atoms with Crippen LogP contribution in [-0.4, -0.2) is 11.9 Å². The molecule has 0 bridgehead atoms. The third-order valence-corrected chi connectivity index (χ3v) is 2.20. The monoisotopic (exact) mass is 205 g/mol. The van der Waals surface area contributed by atoms with E-state index in [2.05, 4.69) is 0 Å². The molecule has 0 nitrogen and oxygen atoms in total. The van der Waals surface area contributed by atoms with Crippen LogP contribution in [0, 0.1) is 5.75 Å². The van der Waals surface area contributed by atoms with Crippen LogP contribution in [-0.2, 0) is 0 Å². The molecule has 4 heteroatoms. The van der Waals surface area contributed by atoms with Crippen LogP contribution in [0.3, 0.4) is 0 Å². The highest BCUT2D eigenvalue weighted by molar-refractivity contribution is 8.01. The summed E-state index contributed by atoms with van der Waals surface area (Å²) in [7, 11) is 0. The lowest BCUT2D eigenvalue weighted by Crippen LogP contribution is -2.10. The summed E-state index contributed by atoms with van der Waals surface area (Å²) in [6, 6.07) is 8.94. The highest BCUT2D eigenvalue weighted by Crippen LogP contribution is 2.24. The van der Waals surface area contributed by atoms with Crippen molar-refractivity contribution < 1.29 is 13.2 Å². The summed E-state index contributed by atoms with van der Waals surface area (Å²) < 4.78 is 35.2. The van der Waals surface area contributed by atoms with Crippen molar-refractivity contribution in [1.29, 1.82) is 0 Å². The lowest BCUT2D eigenvalue weighted by Gasteiger charge is -2.04. The average Bonchev–Trinajstić information content (AvgIpc) is 2.04. The van der Waals surface area contributed by atoms with Crippen LogP contribution in [0.2, 0.25) is 0 Å². The van der Waals surface area contributed by atoms with E-state index >= 15 is 0 Å². The van der Waals surface area contributed by atoms with Gasteiger partial charge in [-0.2, -0.15) is 13.2 Å². The largest absolute Gasteiger partial charge is 0.397 e. The molecule has 0 fully saturated rings. The maximum Gasteiger partial charge on any atom is 0.397 e. The number of halogens is 3. The van der Waals surface area contributed by atoms with Crippen molar-refractivity contribution in [3.63, 3.8) is 0 Å². The van der Waals surface area contributed by atoms with E-state index in [1.807, 2.05) is 6.07 Å². The normalized spacial score (nSPS) is 11.6. The molecule has 0 saturated heterocycles. The fraction of sp³-hybridized carbons (Fsp3) is 0.222. The van der Waals surface area contributed by atoms with Gasteiger partial charge in [-0.05, 0) is 5.56 Å². The summed E-state index contributed by atoms with van der Waals surface area (Å²) in [5.41, 5.74) is 0.803. The maximum absolute atomic E-state index is 11.7. The molecule has 0 unspecified atom stereocenters. The Balaban J connectivity index is 2.29. The Kier molecular flexibility index (Phi) is 3.66. The van der Waals surface area contributed by atoms with Gasteiger partial charge in [-0.1, -0.05) is 30.3 Å². The smallest absolute Gasteiger partial charge is 0.170 e. The first kappa shape index (κ1) is 10.4. The van der Waals surface area contributed by atoms with E-state index in [1.165, 1.54) is 5.75 Å². The molecule has 0 aliphatic heterocycles. The SMILES string of the molecule is FC(F)(F)CS[CH]c1ccccc1. The van der Waals surface area contributed by atoms with Crippen molar-refractivity contribution in [2.45, 2.75) is 6.18 Å². The second-order valence-corrected chi connectivity index (χ2v) is 3.31. The predicted molar refractivity (Wildman–Crippen MR) is 48.4 cm³/mol. The molecule has 1 aromatic rings. The Morgan fingerprint density at radius 2 is 1.77 bits per heavy atom. The topological polar surface area (TPSA) is 0 Å². The molecule has 1 rings (SSSR count). The minimum atomic E-state index is -4.09. The van der Waals surface area contributed by atoms with Crippen molar-refractivity contribution >= 4 is 11.8 Å². The Morgan fingerprint density at radius 3 is 2.31 bits per heavy atom. The first-order chi connectivity index (χ1) is 6.08. The molecule has 0 spiro atoms.